The Morgan fingerprint density at radius 2 is 1.94 bits per heavy atom. The van der Waals surface area contributed by atoms with Gasteiger partial charge in [0.2, 0.25) is 0 Å². The minimum Gasteiger partial charge on any atom is -0.315 e. The summed E-state index contributed by atoms with van der Waals surface area (Å²) in [7, 11) is 0. The minimum atomic E-state index is 0.609. The molecule has 2 saturated heterocycles. The molecule has 1 aromatic carbocycles. The number of nitrogens with zero attached hydrogens (tertiary/aromatic N) is 1. The first-order chi connectivity index (χ1) is 8.83. The van der Waals surface area contributed by atoms with Gasteiger partial charge in [-0.05, 0) is 23.6 Å². The number of nitrogens with one attached hydrogen (secondary N) is 2. The Hall–Kier alpha value is -0.900. The normalized spacial score (nSPS) is 31.8. The molecule has 4 rings (SSSR count). The van der Waals surface area contributed by atoms with Gasteiger partial charge in [-0.15, -0.1) is 0 Å². The van der Waals surface area contributed by atoms with Crippen LogP contribution in [0, 0.1) is 0 Å². The lowest BCUT2D eigenvalue weighted by molar-refractivity contribution is 0.119. The zero-order valence-corrected chi connectivity index (χ0v) is 10.9. The average Bonchev–Trinajstić information content (AvgIpc) is 2.66. The van der Waals surface area contributed by atoms with E-state index in [1.165, 1.54) is 5.56 Å². The monoisotopic (exact) mass is 243 g/mol. The third-order valence-corrected chi connectivity index (χ3v) is 4.88. The second-order valence-corrected chi connectivity index (χ2v) is 6.01. The Morgan fingerprint density at radius 1 is 1.11 bits per heavy atom. The molecule has 3 aliphatic rings. The minimum absolute atomic E-state index is 0.609. The SMILES string of the molecule is C[C@@H]1CNC[C@@H]2c3ccc(C4CNC4)cc3CN12. The van der Waals surface area contributed by atoms with E-state index in [9.17, 15) is 0 Å². The lowest BCUT2D eigenvalue weighted by Crippen LogP contribution is -2.48. The maximum absolute atomic E-state index is 3.55. The van der Waals surface area contributed by atoms with E-state index in [1.807, 2.05) is 0 Å². The van der Waals surface area contributed by atoms with E-state index < -0.39 is 0 Å². The van der Waals surface area contributed by atoms with Gasteiger partial charge < -0.3 is 10.6 Å². The summed E-state index contributed by atoms with van der Waals surface area (Å²) in [5, 5.41) is 6.92. The highest BCUT2D eigenvalue weighted by atomic mass is 15.3. The standard InChI is InChI=1S/C15H21N3/c1-10-5-16-8-15-14-3-2-11(13-6-17-7-13)4-12(14)9-18(10)15/h2-4,10,13,15-17H,5-9H2,1H3/t10-,15-/m1/s1. The van der Waals surface area contributed by atoms with Crippen LogP contribution in [0.15, 0.2) is 18.2 Å². The number of benzene rings is 1. The molecule has 0 bridgehead atoms. The van der Waals surface area contributed by atoms with Crippen LogP contribution in [0.4, 0.5) is 0 Å². The lowest BCUT2D eigenvalue weighted by Gasteiger charge is -2.36. The van der Waals surface area contributed by atoms with Crippen LogP contribution in [0.1, 0.15) is 35.6 Å². The van der Waals surface area contributed by atoms with Crippen molar-refractivity contribution < 1.29 is 0 Å². The smallest absolute Gasteiger partial charge is 0.0482 e. The first kappa shape index (κ1) is 11.0. The summed E-state index contributed by atoms with van der Waals surface area (Å²) < 4.78 is 0. The number of piperazine rings is 1. The Labute approximate surface area is 109 Å². The molecule has 2 atom stereocenters. The van der Waals surface area contributed by atoms with Crippen LogP contribution >= 0.6 is 0 Å². The summed E-state index contributed by atoms with van der Waals surface area (Å²) in [4.78, 5) is 2.66. The highest BCUT2D eigenvalue weighted by Crippen LogP contribution is 2.38. The summed E-state index contributed by atoms with van der Waals surface area (Å²) in [6, 6.07) is 8.47. The maximum atomic E-state index is 3.55. The fourth-order valence-corrected chi connectivity index (χ4v) is 3.59. The van der Waals surface area contributed by atoms with Crippen molar-refractivity contribution in [2.24, 2.45) is 0 Å². The maximum Gasteiger partial charge on any atom is 0.0482 e. The van der Waals surface area contributed by atoms with Gasteiger partial charge in [0.15, 0.2) is 0 Å². The molecule has 0 amide bonds. The first-order valence-electron chi connectivity index (χ1n) is 7.13. The van der Waals surface area contributed by atoms with E-state index in [-0.39, 0.29) is 0 Å². The molecule has 0 aliphatic carbocycles. The molecule has 0 spiro atoms. The fourth-order valence-electron chi connectivity index (χ4n) is 3.59. The summed E-state index contributed by atoms with van der Waals surface area (Å²) in [5.74, 6) is 0.753. The predicted octanol–water partition coefficient (Wildman–Crippen LogP) is 1.22. The molecular weight excluding hydrogens is 222 g/mol. The molecular formula is C15H21N3. The van der Waals surface area contributed by atoms with Gasteiger partial charge in [-0.25, -0.2) is 0 Å². The van der Waals surface area contributed by atoms with Crippen molar-refractivity contribution in [3.63, 3.8) is 0 Å². The highest BCUT2D eigenvalue weighted by molar-refractivity contribution is 5.40. The van der Waals surface area contributed by atoms with Gasteiger partial charge in [-0.2, -0.15) is 0 Å². The van der Waals surface area contributed by atoms with Crippen LogP contribution in [-0.2, 0) is 6.54 Å². The Kier molecular flexibility index (Phi) is 2.47. The van der Waals surface area contributed by atoms with Gasteiger partial charge in [0.1, 0.15) is 0 Å². The number of hydrogen-bond acceptors (Lipinski definition) is 3. The molecule has 3 nitrogen and oxygen atoms in total. The second-order valence-electron chi connectivity index (χ2n) is 6.01. The van der Waals surface area contributed by atoms with Gasteiger partial charge in [0, 0.05) is 50.7 Å². The van der Waals surface area contributed by atoms with Crippen molar-refractivity contribution in [3.05, 3.63) is 34.9 Å². The average molecular weight is 243 g/mol. The van der Waals surface area contributed by atoms with Crippen LogP contribution in [-0.4, -0.2) is 37.1 Å². The van der Waals surface area contributed by atoms with E-state index in [0.29, 0.717) is 12.1 Å². The van der Waals surface area contributed by atoms with E-state index >= 15 is 0 Å². The number of rotatable bonds is 1. The summed E-state index contributed by atoms with van der Waals surface area (Å²) in [6.45, 7) is 8.04. The van der Waals surface area contributed by atoms with Gasteiger partial charge in [-0.1, -0.05) is 18.2 Å². The molecule has 2 N–H and O–H groups in total. The van der Waals surface area contributed by atoms with Crippen LogP contribution < -0.4 is 10.6 Å². The van der Waals surface area contributed by atoms with Crippen molar-refractivity contribution in [2.75, 3.05) is 26.2 Å². The Balaban J connectivity index is 1.67. The van der Waals surface area contributed by atoms with Crippen LogP contribution in [0.2, 0.25) is 0 Å². The summed E-state index contributed by atoms with van der Waals surface area (Å²) in [6.07, 6.45) is 0. The zero-order chi connectivity index (χ0) is 12.1. The molecule has 18 heavy (non-hydrogen) atoms. The van der Waals surface area contributed by atoms with Gasteiger partial charge in [-0.3, -0.25) is 4.90 Å². The van der Waals surface area contributed by atoms with E-state index in [1.54, 1.807) is 11.1 Å². The van der Waals surface area contributed by atoms with E-state index in [0.717, 1.165) is 38.6 Å². The molecule has 3 aliphatic heterocycles. The Bertz CT molecular complexity index is 467. The molecule has 96 valence electrons. The molecule has 0 unspecified atom stereocenters. The van der Waals surface area contributed by atoms with Crippen LogP contribution in [0.5, 0.6) is 0 Å². The van der Waals surface area contributed by atoms with Crippen molar-refractivity contribution in [2.45, 2.75) is 31.5 Å². The first-order valence-corrected chi connectivity index (χ1v) is 7.13. The third kappa shape index (κ3) is 1.54. The molecule has 2 fully saturated rings. The topological polar surface area (TPSA) is 27.3 Å². The Morgan fingerprint density at radius 3 is 2.72 bits per heavy atom. The molecule has 1 aromatic rings. The van der Waals surface area contributed by atoms with E-state index in [2.05, 4.69) is 40.7 Å². The highest BCUT2D eigenvalue weighted by Gasteiger charge is 2.36. The quantitative estimate of drug-likeness (QED) is 0.776. The van der Waals surface area contributed by atoms with Crippen LogP contribution in [0.25, 0.3) is 0 Å². The van der Waals surface area contributed by atoms with E-state index in [4.69, 9.17) is 0 Å². The van der Waals surface area contributed by atoms with Crippen molar-refractivity contribution in [1.29, 1.82) is 0 Å². The lowest BCUT2D eigenvalue weighted by atomic mass is 9.90. The fraction of sp³-hybridized carbons (Fsp3) is 0.600. The zero-order valence-electron chi connectivity index (χ0n) is 10.9. The predicted molar refractivity (Wildman–Crippen MR) is 72.7 cm³/mol. The molecule has 0 aromatic heterocycles. The molecule has 3 heterocycles. The second kappa shape index (κ2) is 4.05. The van der Waals surface area contributed by atoms with Crippen molar-refractivity contribution in [3.8, 4) is 0 Å². The number of fused-ring (bicyclic) bond motifs is 3. The molecule has 0 saturated carbocycles. The molecule has 3 heteroatoms. The van der Waals surface area contributed by atoms with Crippen molar-refractivity contribution >= 4 is 0 Å². The number of hydrogen-bond donors (Lipinski definition) is 2. The van der Waals surface area contributed by atoms with Crippen molar-refractivity contribution in [1.82, 2.24) is 15.5 Å². The summed E-state index contributed by atoms with van der Waals surface area (Å²) >= 11 is 0. The van der Waals surface area contributed by atoms with Gasteiger partial charge in [0.05, 0.1) is 0 Å². The molecule has 0 radical (unpaired) electrons. The third-order valence-electron chi connectivity index (χ3n) is 4.88. The summed E-state index contributed by atoms with van der Waals surface area (Å²) in [5.41, 5.74) is 4.66. The van der Waals surface area contributed by atoms with Gasteiger partial charge >= 0.3 is 0 Å². The van der Waals surface area contributed by atoms with Gasteiger partial charge in [0.25, 0.3) is 0 Å². The largest absolute Gasteiger partial charge is 0.315 e. The van der Waals surface area contributed by atoms with Crippen LogP contribution in [0.3, 0.4) is 0 Å².